The average Bonchev–Trinajstić information content (AvgIpc) is 2.96. The van der Waals surface area contributed by atoms with E-state index in [1.165, 1.54) is 12.1 Å². The number of carbonyl (C=O) groups excluding carboxylic acids is 4. The first-order valence-corrected chi connectivity index (χ1v) is 9.27. The van der Waals surface area contributed by atoms with E-state index in [1.54, 1.807) is 24.3 Å². The van der Waals surface area contributed by atoms with Gasteiger partial charge in [-0.3, -0.25) is 14.4 Å². The van der Waals surface area contributed by atoms with Gasteiger partial charge in [0.15, 0.2) is 0 Å². The van der Waals surface area contributed by atoms with Gasteiger partial charge in [-0.2, -0.15) is 0 Å². The molecular weight excluding hydrogens is 376 g/mol. The Balaban J connectivity index is 1.25. The van der Waals surface area contributed by atoms with Crippen molar-refractivity contribution in [3.8, 4) is 5.75 Å². The van der Waals surface area contributed by atoms with Crippen LogP contribution in [0.4, 0.5) is 5.69 Å². The van der Waals surface area contributed by atoms with Crippen molar-refractivity contribution in [3.05, 3.63) is 59.2 Å². The van der Waals surface area contributed by atoms with Crippen LogP contribution in [-0.2, 0) is 20.8 Å². The lowest BCUT2D eigenvalue weighted by molar-refractivity contribution is -0.168. The maximum Gasteiger partial charge on any atom is 0.333 e. The molecule has 2 heterocycles. The Kier molecular flexibility index (Phi) is 4.99. The van der Waals surface area contributed by atoms with E-state index in [2.05, 4.69) is 5.32 Å². The first-order valence-electron chi connectivity index (χ1n) is 9.27. The number of aryl methyl sites for hydroxylation is 1. The Morgan fingerprint density at radius 1 is 1.00 bits per heavy atom. The van der Waals surface area contributed by atoms with Gasteiger partial charge in [0.1, 0.15) is 5.75 Å². The minimum atomic E-state index is -0.684. The smallest absolute Gasteiger partial charge is 0.333 e. The summed E-state index contributed by atoms with van der Waals surface area (Å²) in [7, 11) is 0. The third-order valence-electron chi connectivity index (χ3n) is 4.72. The van der Waals surface area contributed by atoms with Gasteiger partial charge in [0, 0.05) is 12.1 Å². The van der Waals surface area contributed by atoms with Gasteiger partial charge in [-0.1, -0.05) is 17.2 Å². The van der Waals surface area contributed by atoms with E-state index >= 15 is 0 Å². The Hall–Kier alpha value is -3.68. The van der Waals surface area contributed by atoms with E-state index in [0.717, 1.165) is 11.3 Å². The molecular formula is C21H18N2O6. The molecule has 2 aliphatic rings. The van der Waals surface area contributed by atoms with Crippen LogP contribution in [0.2, 0.25) is 0 Å². The number of hydroxylamine groups is 2. The van der Waals surface area contributed by atoms with Crippen LogP contribution in [0.15, 0.2) is 42.5 Å². The van der Waals surface area contributed by atoms with Crippen molar-refractivity contribution in [3.63, 3.8) is 0 Å². The second-order valence-electron chi connectivity index (χ2n) is 6.73. The highest BCUT2D eigenvalue weighted by molar-refractivity contribution is 6.20. The van der Waals surface area contributed by atoms with Crippen molar-refractivity contribution in [1.29, 1.82) is 0 Å². The van der Waals surface area contributed by atoms with Gasteiger partial charge in [-0.15, -0.1) is 0 Å². The van der Waals surface area contributed by atoms with Gasteiger partial charge in [-0.05, 0) is 48.7 Å². The molecule has 4 rings (SSSR count). The molecule has 0 bridgehead atoms. The van der Waals surface area contributed by atoms with Crippen molar-refractivity contribution >= 4 is 29.4 Å². The van der Waals surface area contributed by atoms with Gasteiger partial charge in [0.25, 0.3) is 11.8 Å². The Morgan fingerprint density at radius 3 is 2.45 bits per heavy atom. The highest BCUT2D eigenvalue weighted by Crippen LogP contribution is 2.27. The zero-order valence-corrected chi connectivity index (χ0v) is 15.5. The van der Waals surface area contributed by atoms with Crippen LogP contribution < -0.4 is 10.1 Å². The van der Waals surface area contributed by atoms with E-state index in [0.29, 0.717) is 30.1 Å². The number of hydrogen-bond acceptors (Lipinski definition) is 6. The van der Waals surface area contributed by atoms with Crippen LogP contribution in [0.25, 0.3) is 0 Å². The molecule has 8 heteroatoms. The lowest BCUT2D eigenvalue weighted by Gasteiger charge is -2.17. The molecule has 0 radical (unpaired) electrons. The zero-order chi connectivity index (χ0) is 20.4. The Labute approximate surface area is 166 Å². The van der Waals surface area contributed by atoms with Crippen LogP contribution >= 0.6 is 0 Å². The summed E-state index contributed by atoms with van der Waals surface area (Å²) in [5.74, 6) is -1.32. The number of nitrogens with zero attached hydrogens (tertiary/aromatic N) is 1. The van der Waals surface area contributed by atoms with Gasteiger partial charge in [0.05, 0.1) is 24.2 Å². The van der Waals surface area contributed by atoms with E-state index < -0.39 is 17.8 Å². The van der Waals surface area contributed by atoms with Crippen molar-refractivity contribution in [2.75, 3.05) is 11.9 Å². The number of hydrogen-bond donors (Lipinski definition) is 1. The standard InChI is InChI=1S/C21H18N2O6/c24-18-10-7-13-12-14(8-9-17(13)22-18)28-11-3-6-19(25)29-23-20(26)15-4-1-2-5-16(15)21(23)27/h1-2,4-5,8-9,12H,3,6-7,10-11H2,(H,22,24). The maximum atomic E-state index is 12.2. The second kappa shape index (κ2) is 7.75. The predicted octanol–water partition coefficient (Wildman–Crippen LogP) is 2.48. The molecule has 0 atom stereocenters. The molecule has 3 amide bonds. The quantitative estimate of drug-likeness (QED) is 0.597. The molecule has 2 aliphatic heterocycles. The zero-order valence-electron chi connectivity index (χ0n) is 15.5. The molecule has 0 unspecified atom stereocenters. The van der Waals surface area contributed by atoms with Crippen LogP contribution in [-0.4, -0.2) is 35.4 Å². The number of amides is 3. The summed E-state index contributed by atoms with van der Waals surface area (Å²) in [6, 6.07) is 11.7. The van der Waals surface area contributed by atoms with Crippen LogP contribution in [0.5, 0.6) is 5.75 Å². The van der Waals surface area contributed by atoms with Gasteiger partial charge >= 0.3 is 5.97 Å². The van der Waals surface area contributed by atoms with Crippen LogP contribution in [0.1, 0.15) is 45.5 Å². The third kappa shape index (κ3) is 3.82. The molecule has 0 fully saturated rings. The van der Waals surface area contributed by atoms with E-state index in [9.17, 15) is 19.2 Å². The number of fused-ring (bicyclic) bond motifs is 2. The second-order valence-corrected chi connectivity index (χ2v) is 6.73. The number of carbonyl (C=O) groups is 4. The summed E-state index contributed by atoms with van der Waals surface area (Å²) in [6.45, 7) is 0.266. The normalized spacial score (nSPS) is 14.9. The third-order valence-corrected chi connectivity index (χ3v) is 4.72. The van der Waals surface area contributed by atoms with Gasteiger partial charge in [-0.25, -0.2) is 4.79 Å². The summed E-state index contributed by atoms with van der Waals surface area (Å²) in [4.78, 5) is 52.7. The topological polar surface area (TPSA) is 102 Å². The number of imide groups is 1. The monoisotopic (exact) mass is 394 g/mol. The average molecular weight is 394 g/mol. The lowest BCUT2D eigenvalue weighted by Crippen LogP contribution is -2.32. The highest BCUT2D eigenvalue weighted by Gasteiger charge is 2.38. The summed E-state index contributed by atoms with van der Waals surface area (Å²) in [6.07, 6.45) is 1.45. The van der Waals surface area contributed by atoms with E-state index in [4.69, 9.17) is 9.57 Å². The molecule has 0 aromatic heterocycles. The minimum absolute atomic E-state index is 0.00254. The van der Waals surface area contributed by atoms with Crippen molar-refractivity contribution in [1.82, 2.24) is 5.06 Å². The summed E-state index contributed by atoms with van der Waals surface area (Å²) in [5, 5.41) is 3.31. The number of anilines is 1. The fraction of sp³-hybridized carbons (Fsp3) is 0.238. The minimum Gasteiger partial charge on any atom is -0.494 e. The lowest BCUT2D eigenvalue weighted by atomic mass is 10.0. The molecule has 0 spiro atoms. The molecule has 8 nitrogen and oxygen atoms in total. The fourth-order valence-electron chi connectivity index (χ4n) is 3.25. The molecule has 29 heavy (non-hydrogen) atoms. The summed E-state index contributed by atoms with van der Waals surface area (Å²) < 4.78 is 5.64. The molecule has 0 aliphatic carbocycles. The molecule has 2 aromatic carbocycles. The largest absolute Gasteiger partial charge is 0.494 e. The molecule has 2 aromatic rings. The Bertz CT molecular complexity index is 981. The number of ether oxygens (including phenoxy) is 1. The first kappa shape index (κ1) is 18.7. The van der Waals surface area contributed by atoms with Gasteiger partial charge < -0.3 is 14.9 Å². The fourth-order valence-corrected chi connectivity index (χ4v) is 3.25. The van der Waals surface area contributed by atoms with E-state index in [-0.39, 0.29) is 30.1 Å². The first-order chi connectivity index (χ1) is 14.0. The SMILES string of the molecule is O=C1CCc2cc(OCCCC(=O)ON3C(=O)c4ccccc4C3=O)ccc2N1. The number of nitrogens with one attached hydrogen (secondary N) is 1. The molecule has 148 valence electrons. The van der Waals surface area contributed by atoms with E-state index in [1.807, 2.05) is 6.07 Å². The van der Waals surface area contributed by atoms with Crippen LogP contribution in [0.3, 0.4) is 0 Å². The molecule has 1 N–H and O–H groups in total. The highest BCUT2D eigenvalue weighted by atomic mass is 16.7. The molecule has 0 saturated heterocycles. The predicted molar refractivity (Wildman–Crippen MR) is 101 cm³/mol. The van der Waals surface area contributed by atoms with Crippen LogP contribution in [0, 0.1) is 0 Å². The Morgan fingerprint density at radius 2 is 1.72 bits per heavy atom. The van der Waals surface area contributed by atoms with Crippen molar-refractivity contribution in [2.24, 2.45) is 0 Å². The number of rotatable bonds is 6. The molecule has 0 saturated carbocycles. The van der Waals surface area contributed by atoms with Crippen molar-refractivity contribution in [2.45, 2.75) is 25.7 Å². The summed E-state index contributed by atoms with van der Waals surface area (Å²) in [5.41, 5.74) is 2.24. The van der Waals surface area contributed by atoms with Gasteiger partial charge in [0.2, 0.25) is 5.91 Å². The maximum absolute atomic E-state index is 12.2. The van der Waals surface area contributed by atoms with Crippen molar-refractivity contribution < 1.29 is 28.8 Å². The number of benzene rings is 2. The summed E-state index contributed by atoms with van der Waals surface area (Å²) >= 11 is 0.